The van der Waals surface area contributed by atoms with E-state index in [0.29, 0.717) is 38.1 Å². The summed E-state index contributed by atoms with van der Waals surface area (Å²) in [5, 5.41) is 3.05. The molecule has 8 heteroatoms. The van der Waals surface area contributed by atoms with Gasteiger partial charge in [-0.15, -0.1) is 0 Å². The van der Waals surface area contributed by atoms with Gasteiger partial charge in [0.2, 0.25) is 0 Å². The number of aromatic nitrogens is 2. The summed E-state index contributed by atoms with van der Waals surface area (Å²) in [5.74, 6) is 2.60. The maximum absolute atomic E-state index is 5.68. The molecule has 1 saturated heterocycles. The molecular weight excluding hydrogens is 346 g/mol. The lowest BCUT2D eigenvalue weighted by Gasteiger charge is -2.28. The fourth-order valence-electron chi connectivity index (χ4n) is 2.72. The van der Waals surface area contributed by atoms with E-state index >= 15 is 0 Å². The van der Waals surface area contributed by atoms with Crippen molar-refractivity contribution in [2.24, 2.45) is 4.99 Å². The second-order valence-electron chi connectivity index (χ2n) is 6.41. The van der Waals surface area contributed by atoms with E-state index in [2.05, 4.69) is 25.2 Å². The summed E-state index contributed by atoms with van der Waals surface area (Å²) < 4.78 is 16.8. The van der Waals surface area contributed by atoms with Gasteiger partial charge in [-0.05, 0) is 32.5 Å². The van der Waals surface area contributed by atoms with Crippen molar-refractivity contribution < 1.29 is 13.9 Å². The monoisotopic (exact) mass is 373 g/mol. The zero-order chi connectivity index (χ0) is 19.1. The topological polar surface area (TPSA) is 85.0 Å². The van der Waals surface area contributed by atoms with Crippen LogP contribution in [0.15, 0.2) is 21.5 Å². The first-order valence-corrected chi connectivity index (χ1v) is 9.20. The number of aliphatic imine (C=N–C) groups is 1. The highest BCUT2D eigenvalue weighted by molar-refractivity contribution is 5.78. The number of ether oxygens (including phenoxy) is 2. The predicted octanol–water partition coefficient (Wildman–Crippen LogP) is 1.74. The van der Waals surface area contributed by atoms with Gasteiger partial charge in [0.25, 0.3) is 0 Å². The minimum absolute atomic E-state index is 0.361. The lowest BCUT2D eigenvalue weighted by molar-refractivity contribution is 0.122. The van der Waals surface area contributed by atoms with E-state index in [-0.39, 0.29) is 0 Å². The molecule has 0 amide bonds. The van der Waals surface area contributed by atoms with Gasteiger partial charge in [0.05, 0.1) is 25.5 Å². The molecule has 1 fully saturated rings. The van der Waals surface area contributed by atoms with Gasteiger partial charge in [0.1, 0.15) is 23.9 Å². The molecule has 0 aliphatic carbocycles. The Balaban J connectivity index is 1.74. The van der Waals surface area contributed by atoms with Crippen molar-refractivity contribution in [1.82, 2.24) is 15.3 Å². The summed E-state index contributed by atoms with van der Waals surface area (Å²) in [6.45, 7) is 8.68. The van der Waals surface area contributed by atoms with E-state index in [1.54, 1.807) is 6.21 Å². The van der Waals surface area contributed by atoms with E-state index < -0.39 is 0 Å². The van der Waals surface area contributed by atoms with Crippen LogP contribution in [0, 0.1) is 13.8 Å². The Kier molecular flexibility index (Phi) is 6.78. The van der Waals surface area contributed by atoms with E-state index in [1.807, 2.05) is 33.0 Å². The highest BCUT2D eigenvalue weighted by atomic mass is 16.5. The van der Waals surface area contributed by atoms with Crippen molar-refractivity contribution in [3.63, 3.8) is 0 Å². The molecule has 1 aliphatic heterocycles. The molecular formula is C19H27N5O3. The first-order valence-electron chi connectivity index (χ1n) is 9.20. The van der Waals surface area contributed by atoms with Crippen molar-refractivity contribution in [1.29, 1.82) is 0 Å². The fraction of sp³-hybridized carbons (Fsp3) is 0.526. The van der Waals surface area contributed by atoms with Crippen LogP contribution in [0.1, 0.15) is 22.8 Å². The first kappa shape index (κ1) is 19.3. The molecule has 8 nitrogen and oxygen atoms in total. The number of rotatable bonds is 8. The number of morpholine rings is 1. The highest BCUT2D eigenvalue weighted by Gasteiger charge is 2.15. The van der Waals surface area contributed by atoms with Crippen molar-refractivity contribution >= 4 is 12.0 Å². The van der Waals surface area contributed by atoms with Gasteiger partial charge in [0, 0.05) is 31.9 Å². The Morgan fingerprint density at radius 3 is 2.78 bits per heavy atom. The Morgan fingerprint density at radius 2 is 2.07 bits per heavy atom. The van der Waals surface area contributed by atoms with Crippen LogP contribution in [-0.2, 0) is 11.3 Å². The van der Waals surface area contributed by atoms with Crippen LogP contribution in [0.5, 0.6) is 6.01 Å². The average Bonchev–Trinajstić information content (AvgIpc) is 3.00. The standard InChI is InChI=1S/C19H27N5O3/c1-14-10-17(27-15(14)2)13-21-12-16-11-18(24-5-8-25-9-6-24)23-19(22-16)26-7-4-20-3/h10-12,20H,4-9,13H2,1-3H3. The lowest BCUT2D eigenvalue weighted by Crippen LogP contribution is -2.37. The Bertz CT molecular complexity index is 749. The number of aryl methyl sites for hydroxylation is 2. The number of furan rings is 1. The summed E-state index contributed by atoms with van der Waals surface area (Å²) in [6, 6.07) is 4.30. The molecule has 0 aromatic carbocycles. The second kappa shape index (κ2) is 9.48. The Morgan fingerprint density at radius 1 is 1.26 bits per heavy atom. The van der Waals surface area contributed by atoms with Crippen molar-refractivity contribution in [2.45, 2.75) is 20.4 Å². The Hall–Kier alpha value is -2.45. The summed E-state index contributed by atoms with van der Waals surface area (Å²) in [6.07, 6.45) is 1.74. The van der Waals surface area contributed by atoms with Crippen LogP contribution in [0.3, 0.4) is 0 Å². The first-order chi connectivity index (χ1) is 13.2. The van der Waals surface area contributed by atoms with Crippen molar-refractivity contribution in [3.05, 3.63) is 34.9 Å². The molecule has 0 atom stereocenters. The SMILES string of the molecule is CNCCOc1nc(C=NCc2cc(C)c(C)o2)cc(N2CCOCC2)n1. The molecule has 0 unspecified atom stereocenters. The molecule has 0 saturated carbocycles. The van der Waals surface area contributed by atoms with Gasteiger partial charge in [-0.1, -0.05) is 0 Å². The predicted molar refractivity (Wildman–Crippen MR) is 104 cm³/mol. The van der Waals surface area contributed by atoms with Crippen molar-refractivity contribution in [2.75, 3.05) is 51.4 Å². The van der Waals surface area contributed by atoms with Crippen LogP contribution >= 0.6 is 0 Å². The van der Waals surface area contributed by atoms with Crippen LogP contribution in [0.4, 0.5) is 5.82 Å². The number of nitrogens with zero attached hydrogens (tertiary/aromatic N) is 4. The van der Waals surface area contributed by atoms with Crippen LogP contribution in [-0.4, -0.2) is 62.7 Å². The lowest BCUT2D eigenvalue weighted by atomic mass is 10.3. The largest absolute Gasteiger partial charge is 0.464 e. The third-order valence-electron chi connectivity index (χ3n) is 4.32. The minimum atomic E-state index is 0.361. The molecule has 3 rings (SSSR count). The molecule has 1 N–H and O–H groups in total. The number of hydrogen-bond donors (Lipinski definition) is 1. The Labute approximate surface area is 159 Å². The number of hydrogen-bond acceptors (Lipinski definition) is 8. The molecule has 3 heterocycles. The van der Waals surface area contributed by atoms with E-state index in [4.69, 9.17) is 13.9 Å². The molecule has 0 bridgehead atoms. The number of anilines is 1. The number of nitrogens with one attached hydrogen (secondary N) is 1. The van der Waals surface area contributed by atoms with E-state index in [0.717, 1.165) is 42.5 Å². The van der Waals surface area contributed by atoms with Gasteiger partial charge in [-0.3, -0.25) is 4.99 Å². The average molecular weight is 373 g/mol. The molecule has 1 aliphatic rings. The van der Waals surface area contributed by atoms with Crippen LogP contribution in [0.25, 0.3) is 0 Å². The normalized spacial score (nSPS) is 14.9. The highest BCUT2D eigenvalue weighted by Crippen LogP contribution is 2.18. The van der Waals surface area contributed by atoms with Gasteiger partial charge < -0.3 is 24.1 Å². The molecule has 2 aromatic rings. The second-order valence-corrected chi connectivity index (χ2v) is 6.41. The summed E-state index contributed by atoms with van der Waals surface area (Å²) in [4.78, 5) is 15.6. The van der Waals surface area contributed by atoms with Crippen LogP contribution in [0.2, 0.25) is 0 Å². The van der Waals surface area contributed by atoms with Gasteiger partial charge in [-0.25, -0.2) is 0 Å². The van der Waals surface area contributed by atoms with Crippen LogP contribution < -0.4 is 15.0 Å². The molecule has 146 valence electrons. The summed E-state index contributed by atoms with van der Waals surface area (Å²) >= 11 is 0. The van der Waals surface area contributed by atoms with Gasteiger partial charge >= 0.3 is 6.01 Å². The molecule has 2 aromatic heterocycles. The maximum Gasteiger partial charge on any atom is 0.319 e. The summed E-state index contributed by atoms with van der Waals surface area (Å²) in [5.41, 5.74) is 1.85. The quantitative estimate of drug-likeness (QED) is 0.557. The van der Waals surface area contributed by atoms with Crippen molar-refractivity contribution in [3.8, 4) is 6.01 Å². The molecule has 0 spiro atoms. The van der Waals surface area contributed by atoms with E-state index in [1.165, 1.54) is 0 Å². The molecule has 0 radical (unpaired) electrons. The smallest absolute Gasteiger partial charge is 0.319 e. The third kappa shape index (κ3) is 5.51. The van der Waals surface area contributed by atoms with Gasteiger partial charge in [-0.2, -0.15) is 9.97 Å². The van der Waals surface area contributed by atoms with E-state index in [9.17, 15) is 0 Å². The number of likely N-dealkylation sites (N-methyl/N-ethyl adjacent to an activating group) is 1. The zero-order valence-corrected chi connectivity index (χ0v) is 16.2. The van der Waals surface area contributed by atoms with Gasteiger partial charge in [0.15, 0.2) is 0 Å². The maximum atomic E-state index is 5.68. The zero-order valence-electron chi connectivity index (χ0n) is 16.2. The minimum Gasteiger partial charge on any atom is -0.464 e. The third-order valence-corrected chi connectivity index (χ3v) is 4.32. The fourth-order valence-corrected chi connectivity index (χ4v) is 2.72. The summed E-state index contributed by atoms with van der Waals surface area (Å²) in [7, 11) is 1.88. The molecule has 27 heavy (non-hydrogen) atoms.